The normalized spacial score (nSPS) is 16.9. The minimum absolute atomic E-state index is 0.00699. The van der Waals surface area contributed by atoms with Crippen LogP contribution >= 0.6 is 0 Å². The molecule has 0 spiro atoms. The van der Waals surface area contributed by atoms with Gasteiger partial charge in [-0.05, 0) is 35.2 Å². The molecule has 170 valence electrons. The lowest BCUT2D eigenvalue weighted by Gasteiger charge is -2.26. The summed E-state index contributed by atoms with van der Waals surface area (Å²) in [5.41, 5.74) is 3.29. The van der Waals surface area contributed by atoms with Crippen molar-refractivity contribution < 1.29 is 9.31 Å². The number of unbranched alkanes of at least 4 members (excludes halogenated alkanes) is 5. The van der Waals surface area contributed by atoms with Crippen LogP contribution in [0.5, 0.6) is 0 Å². The lowest BCUT2D eigenvalue weighted by atomic mass is 9.66. The smallest absolute Gasteiger partial charge is 0.410 e. The first-order valence-electron chi connectivity index (χ1n) is 12.5. The standard InChI is InChI=1S/C26H46BNO2/c1-5-6-16-24(27-29-21-19-28-20-22-30-27)17-11-9-7-8-10-14-23-15-12-13-18-25(23)26(2,3)4/h12-13,15,18,24,28H,5-11,14,16-17,19-22H2,1-4H3. The van der Waals surface area contributed by atoms with Crippen molar-refractivity contribution in [3.05, 3.63) is 35.4 Å². The summed E-state index contributed by atoms with van der Waals surface area (Å²) in [4.78, 5) is 0. The van der Waals surface area contributed by atoms with Gasteiger partial charge in [0.1, 0.15) is 0 Å². The van der Waals surface area contributed by atoms with Crippen molar-refractivity contribution in [1.29, 1.82) is 0 Å². The van der Waals surface area contributed by atoms with Crippen molar-refractivity contribution in [1.82, 2.24) is 5.32 Å². The van der Waals surface area contributed by atoms with Gasteiger partial charge in [-0.15, -0.1) is 0 Å². The minimum atomic E-state index is 0.00699. The Morgan fingerprint density at radius 3 is 2.23 bits per heavy atom. The Morgan fingerprint density at radius 2 is 1.53 bits per heavy atom. The summed E-state index contributed by atoms with van der Waals surface area (Å²) in [5.74, 6) is 0.557. The van der Waals surface area contributed by atoms with Gasteiger partial charge in [-0.25, -0.2) is 0 Å². The van der Waals surface area contributed by atoms with E-state index in [0.29, 0.717) is 5.82 Å². The van der Waals surface area contributed by atoms with E-state index in [2.05, 4.69) is 57.3 Å². The molecule has 1 unspecified atom stereocenters. The van der Waals surface area contributed by atoms with Gasteiger partial charge in [0.15, 0.2) is 0 Å². The molecular formula is C26H46BNO2. The van der Waals surface area contributed by atoms with Crippen LogP contribution in [0.2, 0.25) is 5.82 Å². The molecule has 1 fully saturated rings. The molecule has 1 aromatic rings. The molecule has 1 aliphatic rings. The Balaban J connectivity index is 1.67. The van der Waals surface area contributed by atoms with Crippen molar-refractivity contribution in [2.75, 3.05) is 26.3 Å². The Hall–Kier alpha value is -0.835. The van der Waals surface area contributed by atoms with Crippen LogP contribution in [0.15, 0.2) is 24.3 Å². The summed E-state index contributed by atoms with van der Waals surface area (Å²) >= 11 is 0. The predicted molar refractivity (Wildman–Crippen MR) is 130 cm³/mol. The van der Waals surface area contributed by atoms with Crippen LogP contribution in [-0.4, -0.2) is 33.4 Å². The fourth-order valence-corrected chi connectivity index (χ4v) is 4.54. The van der Waals surface area contributed by atoms with Gasteiger partial charge in [0.05, 0.1) is 0 Å². The van der Waals surface area contributed by atoms with Crippen LogP contribution in [0.25, 0.3) is 0 Å². The fraction of sp³-hybridized carbons (Fsp3) is 0.769. The van der Waals surface area contributed by atoms with Gasteiger partial charge < -0.3 is 14.6 Å². The summed E-state index contributed by atoms with van der Waals surface area (Å²) < 4.78 is 12.1. The highest BCUT2D eigenvalue weighted by Crippen LogP contribution is 2.29. The van der Waals surface area contributed by atoms with Gasteiger partial charge in [0, 0.05) is 26.3 Å². The molecule has 4 heteroatoms. The van der Waals surface area contributed by atoms with E-state index in [1.165, 1.54) is 75.3 Å². The fourth-order valence-electron chi connectivity index (χ4n) is 4.54. The molecule has 0 bridgehead atoms. The van der Waals surface area contributed by atoms with E-state index < -0.39 is 0 Å². The lowest BCUT2D eigenvalue weighted by molar-refractivity contribution is 0.166. The predicted octanol–water partition coefficient (Wildman–Crippen LogP) is 6.55. The first-order valence-corrected chi connectivity index (χ1v) is 12.5. The Kier molecular flexibility index (Phi) is 12.1. The van der Waals surface area contributed by atoms with E-state index in [-0.39, 0.29) is 12.5 Å². The maximum atomic E-state index is 6.04. The zero-order valence-electron chi connectivity index (χ0n) is 20.2. The van der Waals surface area contributed by atoms with E-state index in [9.17, 15) is 0 Å². The van der Waals surface area contributed by atoms with Gasteiger partial charge in [0.2, 0.25) is 0 Å². The first kappa shape index (κ1) is 25.4. The highest BCUT2D eigenvalue weighted by Gasteiger charge is 2.30. The molecule has 0 amide bonds. The molecule has 30 heavy (non-hydrogen) atoms. The van der Waals surface area contributed by atoms with Crippen LogP contribution in [0.4, 0.5) is 0 Å². The largest absolute Gasteiger partial charge is 0.460 e. The molecule has 0 aromatic heterocycles. The maximum Gasteiger partial charge on any atom is 0.460 e. The molecule has 1 aromatic carbocycles. The SMILES string of the molecule is CCCCC(CCCCCCCc1ccccc1C(C)(C)C)B1OCCNCCO1. The van der Waals surface area contributed by atoms with E-state index in [1.807, 2.05) is 0 Å². The van der Waals surface area contributed by atoms with E-state index in [4.69, 9.17) is 9.31 Å². The van der Waals surface area contributed by atoms with Crippen molar-refractivity contribution in [3.8, 4) is 0 Å². The Labute approximate surface area is 186 Å². The van der Waals surface area contributed by atoms with Crippen molar-refractivity contribution in [2.24, 2.45) is 0 Å². The zero-order valence-corrected chi connectivity index (χ0v) is 20.2. The number of rotatable bonds is 12. The van der Waals surface area contributed by atoms with Crippen molar-refractivity contribution >= 4 is 7.12 Å². The topological polar surface area (TPSA) is 30.5 Å². The summed E-state index contributed by atoms with van der Waals surface area (Å²) in [6.07, 6.45) is 12.8. The number of benzene rings is 1. The maximum absolute atomic E-state index is 6.04. The lowest BCUT2D eigenvalue weighted by Crippen LogP contribution is -2.38. The van der Waals surface area contributed by atoms with Crippen LogP contribution in [-0.2, 0) is 21.1 Å². The van der Waals surface area contributed by atoms with Gasteiger partial charge in [-0.2, -0.15) is 0 Å². The highest BCUT2D eigenvalue weighted by atomic mass is 16.6. The van der Waals surface area contributed by atoms with Gasteiger partial charge in [0.25, 0.3) is 0 Å². The quantitative estimate of drug-likeness (QED) is 0.310. The molecule has 1 aliphatic heterocycles. The number of aryl methyl sites for hydroxylation is 1. The van der Waals surface area contributed by atoms with Crippen LogP contribution in [0.1, 0.15) is 96.6 Å². The summed E-state index contributed by atoms with van der Waals surface area (Å²) in [5, 5.41) is 3.34. The third-order valence-electron chi connectivity index (χ3n) is 6.28. The van der Waals surface area contributed by atoms with Crippen molar-refractivity contribution in [2.45, 2.75) is 103 Å². The van der Waals surface area contributed by atoms with Crippen LogP contribution in [0.3, 0.4) is 0 Å². The number of nitrogens with one attached hydrogen (secondary N) is 1. The van der Waals surface area contributed by atoms with Gasteiger partial charge in [-0.1, -0.05) is 103 Å². The summed E-state index contributed by atoms with van der Waals surface area (Å²) in [7, 11) is 0.00699. The summed E-state index contributed by atoms with van der Waals surface area (Å²) in [6.45, 7) is 12.7. The average molecular weight is 415 g/mol. The average Bonchev–Trinajstić information content (AvgIpc) is 2.69. The van der Waals surface area contributed by atoms with E-state index in [0.717, 1.165) is 26.3 Å². The van der Waals surface area contributed by atoms with Crippen LogP contribution in [0, 0.1) is 0 Å². The molecule has 1 atom stereocenters. The highest BCUT2D eigenvalue weighted by molar-refractivity contribution is 6.46. The second kappa shape index (κ2) is 14.3. The number of hydrogen-bond acceptors (Lipinski definition) is 3. The van der Waals surface area contributed by atoms with Crippen LogP contribution < -0.4 is 5.32 Å². The van der Waals surface area contributed by atoms with Crippen molar-refractivity contribution in [3.63, 3.8) is 0 Å². The zero-order chi connectivity index (χ0) is 21.7. The second-order valence-corrected chi connectivity index (χ2v) is 9.98. The molecular weight excluding hydrogens is 369 g/mol. The Bertz CT molecular complexity index is 564. The molecule has 1 saturated heterocycles. The van der Waals surface area contributed by atoms with Gasteiger partial charge >= 0.3 is 7.12 Å². The molecule has 2 rings (SSSR count). The Morgan fingerprint density at radius 1 is 0.900 bits per heavy atom. The summed E-state index contributed by atoms with van der Waals surface area (Å²) in [6, 6.07) is 9.00. The first-order chi connectivity index (χ1) is 14.5. The third kappa shape index (κ3) is 9.53. The third-order valence-corrected chi connectivity index (χ3v) is 6.28. The molecule has 0 saturated carbocycles. The monoisotopic (exact) mass is 415 g/mol. The molecule has 0 radical (unpaired) electrons. The van der Waals surface area contributed by atoms with Gasteiger partial charge in [-0.3, -0.25) is 0 Å². The molecule has 3 nitrogen and oxygen atoms in total. The van der Waals surface area contributed by atoms with E-state index in [1.54, 1.807) is 0 Å². The molecule has 1 heterocycles. The minimum Gasteiger partial charge on any atom is -0.410 e. The van der Waals surface area contributed by atoms with E-state index >= 15 is 0 Å². The second-order valence-electron chi connectivity index (χ2n) is 9.98. The molecule has 0 aliphatic carbocycles. The molecule has 1 N–H and O–H groups in total. The number of hydrogen-bond donors (Lipinski definition) is 1.